The van der Waals surface area contributed by atoms with Gasteiger partial charge in [0.25, 0.3) is 0 Å². The molecule has 0 aromatic rings. The van der Waals surface area contributed by atoms with Crippen molar-refractivity contribution in [2.24, 2.45) is 5.92 Å². The molecule has 0 aromatic carbocycles. The molecule has 0 radical (unpaired) electrons. The number of hydrogen-bond donors (Lipinski definition) is 1. The summed E-state index contributed by atoms with van der Waals surface area (Å²) in [7, 11) is 0. The predicted molar refractivity (Wildman–Crippen MR) is 73.5 cm³/mol. The number of nitrogens with zero attached hydrogens (tertiary/aromatic N) is 3. The van der Waals surface area contributed by atoms with Gasteiger partial charge in [0.1, 0.15) is 0 Å². The minimum absolute atomic E-state index is 0.0218. The lowest BCUT2D eigenvalue weighted by Gasteiger charge is -2.43. The molecule has 1 aliphatic carbocycles. The van der Waals surface area contributed by atoms with Crippen molar-refractivity contribution in [2.45, 2.75) is 31.7 Å². The molecular weight excluding hydrogens is 258 g/mol. The van der Waals surface area contributed by atoms with Crippen LogP contribution >= 0.6 is 0 Å². The zero-order chi connectivity index (χ0) is 14.1. The summed E-state index contributed by atoms with van der Waals surface area (Å²) in [5.74, 6) is -1.15. The molecule has 1 N–H and O–H groups in total. The van der Waals surface area contributed by atoms with E-state index in [4.69, 9.17) is 5.11 Å². The van der Waals surface area contributed by atoms with E-state index in [0.717, 1.165) is 32.2 Å². The lowest BCUT2D eigenvalue weighted by Crippen LogP contribution is -2.60. The molecule has 1 saturated carbocycles. The number of hydrogen-bond acceptors (Lipinski definition) is 3. The fraction of sp³-hybridized carbons (Fsp3) is 0.857. The van der Waals surface area contributed by atoms with Crippen LogP contribution < -0.4 is 0 Å². The van der Waals surface area contributed by atoms with Crippen LogP contribution in [0.1, 0.15) is 25.7 Å². The standard InChI is InChI=1S/C14H23N3O3/c18-13(19)11-9-17(10-11)14(20)16-7-5-15(6-8-16)12-3-1-2-4-12/h11-12H,1-10H2,(H,18,19). The first-order valence-electron chi connectivity index (χ1n) is 7.66. The molecule has 3 rings (SSSR count). The second-order valence-corrected chi connectivity index (χ2v) is 6.18. The highest BCUT2D eigenvalue weighted by Gasteiger charge is 2.38. The normalized spacial score (nSPS) is 25.8. The van der Waals surface area contributed by atoms with Gasteiger partial charge in [-0.15, -0.1) is 0 Å². The number of urea groups is 1. The summed E-state index contributed by atoms with van der Waals surface area (Å²) in [5.41, 5.74) is 0. The van der Waals surface area contributed by atoms with E-state index >= 15 is 0 Å². The molecule has 6 nitrogen and oxygen atoms in total. The van der Waals surface area contributed by atoms with Gasteiger partial charge in [-0.25, -0.2) is 4.79 Å². The first kappa shape index (κ1) is 13.7. The molecule has 2 heterocycles. The molecule has 0 unspecified atom stereocenters. The molecule has 6 heteroatoms. The SMILES string of the molecule is O=C(O)C1CN(C(=O)N2CCN(C3CCCC3)CC2)C1. The number of likely N-dealkylation sites (tertiary alicyclic amines) is 1. The van der Waals surface area contributed by atoms with Crippen LogP contribution in [0.25, 0.3) is 0 Å². The molecule has 0 spiro atoms. The lowest BCUT2D eigenvalue weighted by molar-refractivity contribution is -0.146. The molecule has 0 atom stereocenters. The molecule has 0 bridgehead atoms. The molecule has 2 aliphatic heterocycles. The highest BCUT2D eigenvalue weighted by Crippen LogP contribution is 2.25. The Labute approximate surface area is 119 Å². The molecule has 2 amide bonds. The summed E-state index contributed by atoms with van der Waals surface area (Å²) in [6.07, 6.45) is 5.29. The summed E-state index contributed by atoms with van der Waals surface area (Å²) < 4.78 is 0. The maximum absolute atomic E-state index is 12.2. The molecule has 2 saturated heterocycles. The summed E-state index contributed by atoms with van der Waals surface area (Å²) in [6, 6.07) is 0.751. The maximum Gasteiger partial charge on any atom is 0.320 e. The van der Waals surface area contributed by atoms with E-state index in [0.29, 0.717) is 13.1 Å². The minimum atomic E-state index is -0.792. The van der Waals surface area contributed by atoms with Crippen LogP contribution in [0.15, 0.2) is 0 Å². The second kappa shape index (κ2) is 5.60. The number of carboxylic acids is 1. The van der Waals surface area contributed by atoms with Gasteiger partial charge >= 0.3 is 12.0 Å². The maximum atomic E-state index is 12.2. The molecule has 3 fully saturated rings. The summed E-state index contributed by atoms with van der Waals surface area (Å²) in [4.78, 5) is 29.0. The van der Waals surface area contributed by atoms with Crippen LogP contribution in [-0.2, 0) is 4.79 Å². The van der Waals surface area contributed by atoms with Gasteiger partial charge in [0, 0.05) is 45.3 Å². The third kappa shape index (κ3) is 2.61. The summed E-state index contributed by atoms with van der Waals surface area (Å²) in [6.45, 7) is 4.24. The monoisotopic (exact) mass is 281 g/mol. The van der Waals surface area contributed by atoms with Crippen molar-refractivity contribution >= 4 is 12.0 Å². The predicted octanol–water partition coefficient (Wildman–Crippen LogP) is 0.683. The van der Waals surface area contributed by atoms with Gasteiger partial charge in [0.05, 0.1) is 5.92 Å². The van der Waals surface area contributed by atoms with Gasteiger partial charge in [0.2, 0.25) is 0 Å². The van der Waals surface area contributed by atoms with Crippen molar-refractivity contribution in [3.8, 4) is 0 Å². The topological polar surface area (TPSA) is 64.1 Å². The van der Waals surface area contributed by atoms with Crippen LogP contribution in [0.5, 0.6) is 0 Å². The van der Waals surface area contributed by atoms with Crippen LogP contribution in [0, 0.1) is 5.92 Å². The third-order valence-electron chi connectivity index (χ3n) is 4.93. The third-order valence-corrected chi connectivity index (χ3v) is 4.93. The van der Waals surface area contributed by atoms with E-state index in [1.165, 1.54) is 25.7 Å². The fourth-order valence-electron chi connectivity index (χ4n) is 3.54. The Balaban J connectivity index is 1.44. The summed E-state index contributed by atoms with van der Waals surface area (Å²) >= 11 is 0. The Morgan fingerprint density at radius 3 is 2.05 bits per heavy atom. The quantitative estimate of drug-likeness (QED) is 0.808. The van der Waals surface area contributed by atoms with E-state index in [-0.39, 0.29) is 11.9 Å². The van der Waals surface area contributed by atoms with Crippen LogP contribution in [0.4, 0.5) is 4.79 Å². The van der Waals surface area contributed by atoms with Crippen LogP contribution in [0.3, 0.4) is 0 Å². The van der Waals surface area contributed by atoms with Gasteiger partial charge in [-0.1, -0.05) is 12.8 Å². The molecule has 112 valence electrons. The second-order valence-electron chi connectivity index (χ2n) is 6.18. The van der Waals surface area contributed by atoms with Crippen molar-refractivity contribution in [3.63, 3.8) is 0 Å². The zero-order valence-electron chi connectivity index (χ0n) is 11.8. The Hall–Kier alpha value is -1.30. The lowest BCUT2D eigenvalue weighted by atomic mass is 10.0. The van der Waals surface area contributed by atoms with E-state index in [1.54, 1.807) is 4.90 Å². The average Bonchev–Trinajstić information content (AvgIpc) is 2.90. The number of carbonyl (C=O) groups is 2. The average molecular weight is 281 g/mol. The molecule has 3 aliphatic rings. The van der Waals surface area contributed by atoms with Crippen molar-refractivity contribution in [1.29, 1.82) is 0 Å². The Morgan fingerprint density at radius 2 is 1.50 bits per heavy atom. The van der Waals surface area contributed by atoms with Crippen molar-refractivity contribution in [3.05, 3.63) is 0 Å². The van der Waals surface area contributed by atoms with Gasteiger partial charge in [0.15, 0.2) is 0 Å². The number of rotatable bonds is 2. The molecule has 20 heavy (non-hydrogen) atoms. The van der Waals surface area contributed by atoms with E-state index in [9.17, 15) is 9.59 Å². The van der Waals surface area contributed by atoms with E-state index in [2.05, 4.69) is 4.90 Å². The molecule has 0 aromatic heterocycles. The Bertz CT molecular complexity index is 381. The van der Waals surface area contributed by atoms with Crippen LogP contribution in [0.2, 0.25) is 0 Å². The van der Waals surface area contributed by atoms with Gasteiger partial charge in [-0.2, -0.15) is 0 Å². The fourth-order valence-corrected chi connectivity index (χ4v) is 3.54. The van der Waals surface area contributed by atoms with E-state index in [1.807, 2.05) is 4.90 Å². The number of amides is 2. The van der Waals surface area contributed by atoms with E-state index < -0.39 is 5.97 Å². The zero-order valence-corrected chi connectivity index (χ0v) is 11.8. The van der Waals surface area contributed by atoms with Gasteiger partial charge in [-0.3, -0.25) is 9.69 Å². The number of carbonyl (C=O) groups excluding carboxylic acids is 1. The van der Waals surface area contributed by atoms with Crippen molar-refractivity contribution < 1.29 is 14.7 Å². The number of piperazine rings is 1. The number of aliphatic carboxylic acids is 1. The Morgan fingerprint density at radius 1 is 0.900 bits per heavy atom. The highest BCUT2D eigenvalue weighted by molar-refractivity contribution is 5.80. The minimum Gasteiger partial charge on any atom is -0.481 e. The first-order valence-corrected chi connectivity index (χ1v) is 7.66. The van der Waals surface area contributed by atoms with Crippen LogP contribution in [-0.4, -0.2) is 77.1 Å². The van der Waals surface area contributed by atoms with Crippen molar-refractivity contribution in [1.82, 2.24) is 14.7 Å². The summed E-state index contributed by atoms with van der Waals surface area (Å²) in [5, 5.41) is 8.84. The molecular formula is C14H23N3O3. The smallest absolute Gasteiger partial charge is 0.320 e. The Kier molecular flexibility index (Phi) is 3.83. The van der Waals surface area contributed by atoms with Gasteiger partial charge in [-0.05, 0) is 12.8 Å². The first-order chi connectivity index (χ1) is 9.65. The van der Waals surface area contributed by atoms with Crippen molar-refractivity contribution in [2.75, 3.05) is 39.3 Å². The largest absolute Gasteiger partial charge is 0.481 e. The van der Waals surface area contributed by atoms with Gasteiger partial charge < -0.3 is 14.9 Å². The highest BCUT2D eigenvalue weighted by atomic mass is 16.4. The number of carboxylic acid groups (broad SMARTS) is 1.